The molecule has 0 aliphatic carbocycles. The largest absolute Gasteiger partial charge is 0.328 e. The fourth-order valence-corrected chi connectivity index (χ4v) is 1.58. The number of hydrogen-bond acceptors (Lipinski definition) is 4. The molecule has 2 aromatic rings. The van der Waals surface area contributed by atoms with Crippen molar-refractivity contribution in [1.29, 1.82) is 0 Å². The average molecular weight is 310 g/mol. The first-order valence-corrected chi connectivity index (χ1v) is 5.67. The highest BCUT2D eigenvalue weighted by Crippen LogP contribution is 2.15. The van der Waals surface area contributed by atoms with Gasteiger partial charge in [-0.2, -0.15) is 0 Å². The fraction of sp³-hybridized carbons (Fsp3) is 0. The van der Waals surface area contributed by atoms with Crippen molar-refractivity contribution in [3.8, 4) is 0 Å². The molecule has 1 aromatic heterocycles. The zero-order valence-corrected chi connectivity index (χ0v) is 10.6. The topological polar surface area (TPSA) is 88.9 Å². The highest BCUT2D eigenvalue weighted by molar-refractivity contribution is 9.10. The molecular weight excluding hydrogens is 302 g/mol. The summed E-state index contributed by atoms with van der Waals surface area (Å²) in [4.78, 5) is 23.0. The number of halogens is 1. The van der Waals surface area contributed by atoms with Crippen LogP contribution in [0.25, 0.3) is 0 Å². The highest BCUT2D eigenvalue weighted by atomic mass is 79.9. The van der Waals surface area contributed by atoms with Crippen molar-refractivity contribution in [2.45, 2.75) is 0 Å². The summed E-state index contributed by atoms with van der Waals surface area (Å²) in [5, 5.41) is 9.44. The third kappa shape index (κ3) is 3.14. The number of nitrogens with one attached hydrogen (secondary N) is 2. The van der Waals surface area contributed by atoms with Gasteiger partial charge >= 0.3 is 11.8 Å². The number of nitrogens with zero attached hydrogens (tertiary/aromatic N) is 3. The van der Waals surface area contributed by atoms with Gasteiger partial charge in [-0.15, -0.1) is 10.2 Å². The van der Waals surface area contributed by atoms with Crippen molar-refractivity contribution in [3.63, 3.8) is 0 Å². The van der Waals surface area contributed by atoms with E-state index in [1.807, 2.05) is 6.07 Å². The minimum atomic E-state index is -0.810. The first kappa shape index (κ1) is 12.2. The molecule has 0 aliphatic heterocycles. The Bertz CT molecular complexity index is 569. The van der Waals surface area contributed by atoms with Crippen LogP contribution in [0.5, 0.6) is 0 Å². The van der Waals surface area contributed by atoms with Gasteiger partial charge in [0.25, 0.3) is 0 Å². The predicted octanol–water partition coefficient (Wildman–Crippen LogP) is 0.749. The second kappa shape index (κ2) is 5.41. The predicted molar refractivity (Wildman–Crippen MR) is 67.2 cm³/mol. The van der Waals surface area contributed by atoms with E-state index in [2.05, 4.69) is 36.9 Å². The van der Waals surface area contributed by atoms with E-state index in [9.17, 15) is 9.59 Å². The SMILES string of the molecule is O=C(Nc1cccc(Br)c1)C(=O)Nn1cnnc1. The maximum absolute atomic E-state index is 11.6. The maximum atomic E-state index is 11.6. The highest BCUT2D eigenvalue weighted by Gasteiger charge is 2.13. The third-order valence-electron chi connectivity index (χ3n) is 1.94. The molecule has 0 aliphatic rings. The first-order chi connectivity index (χ1) is 8.65. The molecule has 8 heteroatoms. The van der Waals surface area contributed by atoms with Crippen molar-refractivity contribution in [2.75, 3.05) is 10.7 Å². The lowest BCUT2D eigenvalue weighted by atomic mass is 10.3. The summed E-state index contributed by atoms with van der Waals surface area (Å²) in [6, 6.07) is 6.92. The van der Waals surface area contributed by atoms with E-state index in [0.717, 1.165) is 4.47 Å². The standard InChI is InChI=1S/C10H8BrN5O2/c11-7-2-1-3-8(4-7)14-9(17)10(18)15-16-5-12-13-6-16/h1-6H,(H,14,17)(H,15,18). The summed E-state index contributed by atoms with van der Waals surface area (Å²) in [5.74, 6) is -1.59. The molecular formula is C10H8BrN5O2. The lowest BCUT2D eigenvalue weighted by molar-refractivity contribution is -0.133. The fourth-order valence-electron chi connectivity index (χ4n) is 1.18. The molecule has 0 spiro atoms. The molecule has 1 aromatic carbocycles. The van der Waals surface area contributed by atoms with Crippen LogP contribution in [0, 0.1) is 0 Å². The van der Waals surface area contributed by atoms with Gasteiger partial charge in [0, 0.05) is 10.2 Å². The Morgan fingerprint density at radius 1 is 1.17 bits per heavy atom. The second-order valence-corrected chi connectivity index (χ2v) is 4.19. The van der Waals surface area contributed by atoms with Crippen LogP contribution in [-0.4, -0.2) is 26.7 Å². The summed E-state index contributed by atoms with van der Waals surface area (Å²) in [7, 11) is 0. The van der Waals surface area contributed by atoms with Gasteiger partial charge in [-0.3, -0.25) is 15.0 Å². The Balaban J connectivity index is 1.97. The van der Waals surface area contributed by atoms with Crippen molar-refractivity contribution in [1.82, 2.24) is 14.9 Å². The van der Waals surface area contributed by atoms with Gasteiger partial charge in [-0.1, -0.05) is 22.0 Å². The van der Waals surface area contributed by atoms with Crippen LogP contribution in [0.3, 0.4) is 0 Å². The van der Waals surface area contributed by atoms with Crippen molar-refractivity contribution >= 4 is 33.4 Å². The molecule has 1 heterocycles. The molecule has 0 atom stereocenters. The van der Waals surface area contributed by atoms with Gasteiger partial charge in [-0.05, 0) is 18.2 Å². The zero-order chi connectivity index (χ0) is 13.0. The monoisotopic (exact) mass is 309 g/mol. The lowest BCUT2D eigenvalue weighted by Crippen LogP contribution is -2.33. The quantitative estimate of drug-likeness (QED) is 0.801. The van der Waals surface area contributed by atoms with Gasteiger partial charge in [0.1, 0.15) is 12.7 Å². The Kier molecular flexibility index (Phi) is 3.68. The van der Waals surface area contributed by atoms with Crippen LogP contribution in [0.15, 0.2) is 41.4 Å². The molecule has 0 radical (unpaired) electrons. The molecule has 7 nitrogen and oxygen atoms in total. The van der Waals surface area contributed by atoms with E-state index >= 15 is 0 Å². The number of rotatable bonds is 2. The van der Waals surface area contributed by atoms with Gasteiger partial charge in [0.15, 0.2) is 0 Å². The first-order valence-electron chi connectivity index (χ1n) is 4.88. The molecule has 18 heavy (non-hydrogen) atoms. The smallest absolute Gasteiger partial charge is 0.318 e. The number of carbonyl (C=O) groups excluding carboxylic acids is 2. The van der Waals surface area contributed by atoms with Crippen LogP contribution in [0.1, 0.15) is 0 Å². The van der Waals surface area contributed by atoms with Crippen LogP contribution in [-0.2, 0) is 9.59 Å². The van der Waals surface area contributed by atoms with E-state index < -0.39 is 11.8 Å². The third-order valence-corrected chi connectivity index (χ3v) is 2.43. The van der Waals surface area contributed by atoms with Crippen LogP contribution in [0.4, 0.5) is 5.69 Å². The summed E-state index contributed by atoms with van der Waals surface area (Å²) in [6.45, 7) is 0. The molecule has 0 bridgehead atoms. The molecule has 2 N–H and O–H groups in total. The van der Waals surface area contributed by atoms with Crippen LogP contribution < -0.4 is 10.7 Å². The Morgan fingerprint density at radius 3 is 2.56 bits per heavy atom. The molecule has 2 amide bonds. The molecule has 2 rings (SSSR count). The average Bonchev–Trinajstić information content (AvgIpc) is 2.81. The van der Waals surface area contributed by atoms with E-state index in [1.54, 1.807) is 18.2 Å². The number of hydrogen-bond donors (Lipinski definition) is 2. The minimum Gasteiger partial charge on any atom is -0.318 e. The lowest BCUT2D eigenvalue weighted by Gasteiger charge is -2.06. The van der Waals surface area contributed by atoms with Crippen LogP contribution >= 0.6 is 15.9 Å². The molecule has 0 fully saturated rings. The number of anilines is 1. The Morgan fingerprint density at radius 2 is 1.89 bits per heavy atom. The van der Waals surface area contributed by atoms with Crippen molar-refractivity contribution in [2.24, 2.45) is 0 Å². The van der Waals surface area contributed by atoms with Gasteiger partial charge < -0.3 is 5.32 Å². The second-order valence-electron chi connectivity index (χ2n) is 3.27. The Labute approximate surface area is 110 Å². The number of amides is 2. The molecule has 92 valence electrons. The van der Waals surface area contributed by atoms with E-state index in [0.29, 0.717) is 5.69 Å². The van der Waals surface area contributed by atoms with Gasteiger partial charge in [0.05, 0.1) is 0 Å². The molecule has 0 unspecified atom stereocenters. The summed E-state index contributed by atoms with van der Waals surface area (Å²) in [6.07, 6.45) is 2.54. The summed E-state index contributed by atoms with van der Waals surface area (Å²) < 4.78 is 1.99. The zero-order valence-electron chi connectivity index (χ0n) is 9.00. The number of carbonyl (C=O) groups is 2. The summed E-state index contributed by atoms with van der Waals surface area (Å²) >= 11 is 3.27. The minimum absolute atomic E-state index is 0.522. The van der Waals surface area contributed by atoms with Crippen molar-refractivity contribution < 1.29 is 9.59 Å². The van der Waals surface area contributed by atoms with Crippen LogP contribution in [0.2, 0.25) is 0 Å². The van der Waals surface area contributed by atoms with Gasteiger partial charge in [-0.25, -0.2) is 4.68 Å². The van der Waals surface area contributed by atoms with Gasteiger partial charge in [0.2, 0.25) is 0 Å². The summed E-state index contributed by atoms with van der Waals surface area (Å²) in [5.41, 5.74) is 2.81. The number of aromatic nitrogens is 3. The van der Waals surface area contributed by atoms with E-state index in [4.69, 9.17) is 0 Å². The van der Waals surface area contributed by atoms with E-state index in [1.165, 1.54) is 17.3 Å². The number of benzene rings is 1. The normalized spacial score (nSPS) is 9.83. The van der Waals surface area contributed by atoms with E-state index in [-0.39, 0.29) is 0 Å². The maximum Gasteiger partial charge on any atom is 0.328 e. The molecule has 0 saturated carbocycles. The molecule has 0 saturated heterocycles. The van der Waals surface area contributed by atoms with Crippen molar-refractivity contribution in [3.05, 3.63) is 41.4 Å². The Hall–Kier alpha value is -2.22.